The number of halogens is 2. The first-order valence-electron chi connectivity index (χ1n) is 7.06. The van der Waals surface area contributed by atoms with Gasteiger partial charge in [-0.25, -0.2) is 4.68 Å². The van der Waals surface area contributed by atoms with Gasteiger partial charge < -0.3 is 10.5 Å². The molecule has 3 rings (SSSR count). The van der Waals surface area contributed by atoms with Gasteiger partial charge in [0, 0.05) is 21.8 Å². The molecule has 0 bridgehead atoms. The molecule has 1 amide bonds. The highest BCUT2D eigenvalue weighted by Gasteiger charge is 2.08. The van der Waals surface area contributed by atoms with Crippen LogP contribution in [0.2, 0.25) is 10.0 Å². The predicted molar refractivity (Wildman–Crippen MR) is 92.9 cm³/mol. The van der Waals surface area contributed by atoms with Crippen LogP contribution in [-0.2, 0) is 6.61 Å². The van der Waals surface area contributed by atoms with E-state index in [0.717, 1.165) is 11.3 Å². The van der Waals surface area contributed by atoms with Gasteiger partial charge in [-0.1, -0.05) is 29.3 Å². The molecule has 0 aliphatic heterocycles. The Morgan fingerprint density at radius 3 is 2.33 bits per heavy atom. The summed E-state index contributed by atoms with van der Waals surface area (Å²) < 4.78 is 7.28. The monoisotopic (exact) mass is 361 g/mol. The van der Waals surface area contributed by atoms with Crippen molar-refractivity contribution in [1.29, 1.82) is 0 Å². The van der Waals surface area contributed by atoms with E-state index >= 15 is 0 Å². The van der Waals surface area contributed by atoms with Crippen LogP contribution in [0.3, 0.4) is 0 Å². The molecule has 2 aromatic carbocycles. The van der Waals surface area contributed by atoms with Crippen LogP contribution >= 0.6 is 23.2 Å². The minimum Gasteiger partial charge on any atom is -0.489 e. The van der Waals surface area contributed by atoms with E-state index in [2.05, 4.69) is 5.10 Å². The molecule has 2 N–H and O–H groups in total. The average Bonchev–Trinajstić information content (AvgIpc) is 3.05. The van der Waals surface area contributed by atoms with Crippen molar-refractivity contribution in [3.8, 4) is 11.4 Å². The average molecular weight is 362 g/mol. The Bertz CT molecular complexity index is 856. The molecule has 0 spiro atoms. The van der Waals surface area contributed by atoms with E-state index in [1.54, 1.807) is 47.3 Å². The summed E-state index contributed by atoms with van der Waals surface area (Å²) in [6.07, 6.45) is 1.67. The normalized spacial score (nSPS) is 10.6. The number of hydrogen-bond donors (Lipinski definition) is 1. The molecule has 1 aromatic heterocycles. The molecule has 5 nitrogen and oxygen atoms in total. The molecular weight excluding hydrogens is 349 g/mol. The third-order valence-corrected chi connectivity index (χ3v) is 4.10. The van der Waals surface area contributed by atoms with Gasteiger partial charge in [0.15, 0.2) is 0 Å². The summed E-state index contributed by atoms with van der Waals surface area (Å²) in [5, 5.41) is 5.22. The van der Waals surface area contributed by atoms with Gasteiger partial charge in [-0.05, 0) is 42.5 Å². The number of nitrogens with two attached hydrogens (primary N) is 1. The molecule has 0 atom stereocenters. The molecule has 0 saturated carbocycles. The second kappa shape index (κ2) is 6.95. The summed E-state index contributed by atoms with van der Waals surface area (Å²) in [5.41, 5.74) is 6.93. The molecule has 0 aliphatic rings. The molecule has 0 aliphatic carbocycles. The molecule has 1 heterocycles. The van der Waals surface area contributed by atoms with Gasteiger partial charge in [0.05, 0.1) is 5.69 Å². The summed E-state index contributed by atoms with van der Waals surface area (Å²) in [5.74, 6) is 0.0994. The number of aromatic nitrogens is 2. The quantitative estimate of drug-likeness (QED) is 0.749. The Morgan fingerprint density at radius 1 is 1.08 bits per heavy atom. The van der Waals surface area contributed by atoms with E-state index < -0.39 is 5.91 Å². The van der Waals surface area contributed by atoms with Crippen molar-refractivity contribution in [3.05, 3.63) is 76.0 Å². The SMILES string of the molecule is NC(=O)c1ccn(-c2ccc(OCc3c(Cl)cccc3Cl)cc2)n1. The molecule has 3 aromatic rings. The first-order valence-corrected chi connectivity index (χ1v) is 7.82. The zero-order valence-corrected chi connectivity index (χ0v) is 14.0. The van der Waals surface area contributed by atoms with Gasteiger partial charge in [0.2, 0.25) is 0 Å². The summed E-state index contributed by atoms with van der Waals surface area (Å²) in [6, 6.07) is 14.1. The van der Waals surface area contributed by atoms with E-state index in [-0.39, 0.29) is 12.3 Å². The number of hydrogen-bond acceptors (Lipinski definition) is 3. The maximum atomic E-state index is 11.1. The lowest BCUT2D eigenvalue weighted by Crippen LogP contribution is -2.12. The van der Waals surface area contributed by atoms with Crippen LogP contribution in [0, 0.1) is 0 Å². The van der Waals surface area contributed by atoms with Crippen molar-refractivity contribution in [2.24, 2.45) is 5.73 Å². The first kappa shape index (κ1) is 16.4. The highest BCUT2D eigenvalue weighted by Crippen LogP contribution is 2.26. The Morgan fingerprint density at radius 2 is 1.75 bits per heavy atom. The number of benzene rings is 2. The van der Waals surface area contributed by atoms with Crippen molar-refractivity contribution in [1.82, 2.24) is 9.78 Å². The van der Waals surface area contributed by atoms with Crippen LogP contribution in [0.1, 0.15) is 16.1 Å². The Kier molecular flexibility index (Phi) is 4.74. The minimum atomic E-state index is -0.565. The van der Waals surface area contributed by atoms with Gasteiger partial charge in [-0.15, -0.1) is 0 Å². The summed E-state index contributed by atoms with van der Waals surface area (Å²) in [6.45, 7) is 0.269. The third kappa shape index (κ3) is 3.53. The van der Waals surface area contributed by atoms with Gasteiger partial charge in [-0.3, -0.25) is 4.79 Å². The van der Waals surface area contributed by atoms with Crippen LogP contribution < -0.4 is 10.5 Å². The predicted octanol–water partition coefficient (Wildman–Crippen LogP) is 3.86. The lowest BCUT2D eigenvalue weighted by Gasteiger charge is -2.10. The fourth-order valence-electron chi connectivity index (χ4n) is 2.12. The second-order valence-corrected chi connectivity index (χ2v) is 5.81. The van der Waals surface area contributed by atoms with Crippen LogP contribution in [0.15, 0.2) is 54.7 Å². The van der Waals surface area contributed by atoms with Crippen LogP contribution in [0.5, 0.6) is 5.75 Å². The van der Waals surface area contributed by atoms with E-state index in [1.807, 2.05) is 12.1 Å². The van der Waals surface area contributed by atoms with Crippen LogP contribution in [-0.4, -0.2) is 15.7 Å². The summed E-state index contributed by atoms with van der Waals surface area (Å²) in [7, 11) is 0. The van der Waals surface area contributed by atoms with E-state index in [9.17, 15) is 4.79 Å². The number of ether oxygens (including phenoxy) is 1. The van der Waals surface area contributed by atoms with Crippen molar-refractivity contribution >= 4 is 29.1 Å². The number of primary amides is 1. The van der Waals surface area contributed by atoms with Gasteiger partial charge in [-0.2, -0.15) is 5.10 Å². The molecule has 0 unspecified atom stereocenters. The lowest BCUT2D eigenvalue weighted by atomic mass is 10.2. The first-order chi connectivity index (χ1) is 11.5. The standard InChI is InChI=1S/C17H13Cl2N3O2/c18-14-2-1-3-15(19)13(14)10-24-12-6-4-11(5-7-12)22-9-8-16(21-22)17(20)23/h1-9H,10H2,(H2,20,23). The highest BCUT2D eigenvalue weighted by atomic mass is 35.5. The van der Waals surface area contributed by atoms with Gasteiger partial charge in [0.1, 0.15) is 18.1 Å². The molecule has 122 valence electrons. The number of carbonyl (C=O) groups is 1. The molecule has 7 heteroatoms. The van der Waals surface area contributed by atoms with Crippen molar-refractivity contribution in [3.63, 3.8) is 0 Å². The summed E-state index contributed by atoms with van der Waals surface area (Å²) in [4.78, 5) is 11.1. The number of nitrogens with zero attached hydrogens (tertiary/aromatic N) is 2. The van der Waals surface area contributed by atoms with E-state index in [4.69, 9.17) is 33.7 Å². The molecule has 24 heavy (non-hydrogen) atoms. The number of amides is 1. The summed E-state index contributed by atoms with van der Waals surface area (Å²) >= 11 is 12.2. The molecule has 0 radical (unpaired) electrons. The van der Waals surface area contributed by atoms with Gasteiger partial charge in [0.25, 0.3) is 5.91 Å². The molecular formula is C17H13Cl2N3O2. The third-order valence-electron chi connectivity index (χ3n) is 3.39. The minimum absolute atomic E-state index is 0.212. The van der Waals surface area contributed by atoms with E-state index in [0.29, 0.717) is 15.8 Å². The number of rotatable bonds is 5. The van der Waals surface area contributed by atoms with Crippen molar-refractivity contribution < 1.29 is 9.53 Å². The maximum absolute atomic E-state index is 11.1. The molecule has 0 saturated heterocycles. The second-order valence-electron chi connectivity index (χ2n) is 4.99. The van der Waals surface area contributed by atoms with Crippen molar-refractivity contribution in [2.45, 2.75) is 6.61 Å². The zero-order chi connectivity index (χ0) is 17.1. The topological polar surface area (TPSA) is 70.1 Å². The number of carbonyl (C=O) groups excluding carboxylic acids is 1. The Labute approximate surface area is 148 Å². The zero-order valence-electron chi connectivity index (χ0n) is 12.4. The highest BCUT2D eigenvalue weighted by molar-refractivity contribution is 6.35. The van der Waals surface area contributed by atoms with Crippen molar-refractivity contribution in [2.75, 3.05) is 0 Å². The largest absolute Gasteiger partial charge is 0.489 e. The fourth-order valence-corrected chi connectivity index (χ4v) is 2.63. The maximum Gasteiger partial charge on any atom is 0.269 e. The molecule has 0 fully saturated rings. The van der Waals surface area contributed by atoms with Gasteiger partial charge >= 0.3 is 0 Å². The smallest absolute Gasteiger partial charge is 0.269 e. The Balaban J connectivity index is 1.71. The fraction of sp³-hybridized carbons (Fsp3) is 0.0588. The van der Waals surface area contributed by atoms with Crippen LogP contribution in [0.25, 0.3) is 5.69 Å². The Hall–Kier alpha value is -2.50. The lowest BCUT2D eigenvalue weighted by molar-refractivity contribution is 0.0995. The van der Waals surface area contributed by atoms with Crippen LogP contribution in [0.4, 0.5) is 0 Å². The van der Waals surface area contributed by atoms with E-state index in [1.165, 1.54) is 0 Å².